The molecule has 27 heavy (non-hydrogen) atoms. The van der Waals surface area contributed by atoms with E-state index in [1.165, 1.54) is 5.56 Å². The molecule has 2 aliphatic rings. The number of piperidine rings is 1. The molecule has 1 N–H and O–H groups in total. The number of amides is 1. The second kappa shape index (κ2) is 7.34. The summed E-state index contributed by atoms with van der Waals surface area (Å²) in [6.07, 6.45) is 9.69. The predicted molar refractivity (Wildman–Crippen MR) is 103 cm³/mol. The topological polar surface area (TPSA) is 71.2 Å². The highest BCUT2D eigenvalue weighted by molar-refractivity contribution is 5.89. The SMILES string of the molecule is Cn1cc(CN2CCC(Nc3ccn(C)n3)(C(=O)N3CCCC3)CC2)cn1. The quantitative estimate of drug-likeness (QED) is 0.856. The van der Waals surface area contributed by atoms with Crippen molar-refractivity contribution in [1.29, 1.82) is 0 Å². The maximum Gasteiger partial charge on any atom is 0.248 e. The minimum atomic E-state index is -0.551. The fraction of sp³-hybridized carbons (Fsp3) is 0.632. The lowest BCUT2D eigenvalue weighted by molar-refractivity contribution is -0.136. The zero-order valence-electron chi connectivity index (χ0n) is 16.3. The van der Waals surface area contributed by atoms with Gasteiger partial charge in [-0.1, -0.05) is 0 Å². The molecule has 0 bridgehead atoms. The molecule has 0 spiro atoms. The van der Waals surface area contributed by atoms with E-state index in [0.717, 1.165) is 64.2 Å². The van der Waals surface area contributed by atoms with Gasteiger partial charge in [0.25, 0.3) is 0 Å². The van der Waals surface area contributed by atoms with E-state index in [2.05, 4.69) is 26.6 Å². The zero-order valence-corrected chi connectivity index (χ0v) is 16.3. The van der Waals surface area contributed by atoms with E-state index in [1.54, 1.807) is 4.68 Å². The van der Waals surface area contributed by atoms with Crippen LogP contribution < -0.4 is 5.32 Å². The molecule has 2 saturated heterocycles. The van der Waals surface area contributed by atoms with Crippen LogP contribution in [0.1, 0.15) is 31.2 Å². The Bertz CT molecular complexity index is 782. The molecule has 0 aliphatic carbocycles. The molecular formula is C19H29N7O. The van der Waals surface area contributed by atoms with Gasteiger partial charge in [-0.25, -0.2) is 0 Å². The summed E-state index contributed by atoms with van der Waals surface area (Å²) in [6.45, 7) is 4.40. The standard InChI is InChI=1S/C19H29N7O/c1-23-10-5-17(22-23)21-19(18(27)26-8-3-4-9-26)6-11-25(12-7-19)15-16-13-20-24(2)14-16/h5,10,13-14H,3-4,6-9,11-12,15H2,1-2H3,(H,21,22). The molecule has 2 aromatic heterocycles. The summed E-state index contributed by atoms with van der Waals surface area (Å²) in [6, 6.07) is 1.95. The Morgan fingerprint density at radius 2 is 1.89 bits per heavy atom. The van der Waals surface area contributed by atoms with Crippen molar-refractivity contribution in [2.24, 2.45) is 14.1 Å². The Morgan fingerprint density at radius 1 is 1.15 bits per heavy atom. The number of aryl methyl sites for hydroxylation is 2. The third-order valence-corrected chi connectivity index (χ3v) is 5.76. The molecule has 0 saturated carbocycles. The molecule has 0 atom stereocenters. The third kappa shape index (κ3) is 3.85. The Hall–Kier alpha value is -2.35. The Labute approximate surface area is 160 Å². The number of carbonyl (C=O) groups excluding carboxylic acids is 1. The molecule has 2 aliphatic heterocycles. The first kappa shape index (κ1) is 18.0. The summed E-state index contributed by atoms with van der Waals surface area (Å²) in [5.74, 6) is 1.03. The van der Waals surface area contributed by atoms with Crippen LogP contribution in [0.3, 0.4) is 0 Å². The van der Waals surface area contributed by atoms with Crippen molar-refractivity contribution < 1.29 is 4.79 Å². The molecule has 8 nitrogen and oxygen atoms in total. The minimum absolute atomic E-state index is 0.242. The average molecular weight is 371 g/mol. The fourth-order valence-corrected chi connectivity index (χ4v) is 4.25. The van der Waals surface area contributed by atoms with Crippen molar-refractivity contribution in [3.8, 4) is 0 Å². The number of rotatable bonds is 5. The summed E-state index contributed by atoms with van der Waals surface area (Å²) in [5, 5.41) is 12.2. The number of carbonyl (C=O) groups is 1. The Kier molecular flexibility index (Phi) is 4.90. The molecule has 0 unspecified atom stereocenters. The summed E-state index contributed by atoms with van der Waals surface area (Å²) < 4.78 is 3.61. The maximum absolute atomic E-state index is 13.4. The van der Waals surface area contributed by atoms with Gasteiger partial charge < -0.3 is 10.2 Å². The van der Waals surface area contributed by atoms with Crippen LogP contribution >= 0.6 is 0 Å². The van der Waals surface area contributed by atoms with Crippen molar-refractivity contribution in [1.82, 2.24) is 29.4 Å². The van der Waals surface area contributed by atoms with Crippen LogP contribution in [0.2, 0.25) is 0 Å². The smallest absolute Gasteiger partial charge is 0.248 e. The van der Waals surface area contributed by atoms with E-state index in [-0.39, 0.29) is 5.91 Å². The fourth-order valence-electron chi connectivity index (χ4n) is 4.25. The third-order valence-electron chi connectivity index (χ3n) is 5.76. The monoisotopic (exact) mass is 371 g/mol. The number of nitrogens with one attached hydrogen (secondary N) is 1. The number of likely N-dealkylation sites (tertiary alicyclic amines) is 2. The summed E-state index contributed by atoms with van der Waals surface area (Å²) in [5.41, 5.74) is 0.665. The van der Waals surface area contributed by atoms with Gasteiger partial charge in [0.2, 0.25) is 5.91 Å². The van der Waals surface area contributed by atoms with Crippen molar-refractivity contribution in [2.45, 2.75) is 37.8 Å². The van der Waals surface area contributed by atoms with E-state index in [0.29, 0.717) is 0 Å². The largest absolute Gasteiger partial charge is 0.354 e. The second-order valence-corrected chi connectivity index (χ2v) is 7.88. The van der Waals surface area contributed by atoms with Gasteiger partial charge in [0.15, 0.2) is 0 Å². The van der Waals surface area contributed by atoms with Crippen LogP contribution in [0.15, 0.2) is 24.7 Å². The van der Waals surface area contributed by atoms with Crippen LogP contribution in [0, 0.1) is 0 Å². The highest BCUT2D eigenvalue weighted by Crippen LogP contribution is 2.30. The maximum atomic E-state index is 13.4. The van der Waals surface area contributed by atoms with Gasteiger partial charge in [0.05, 0.1) is 6.20 Å². The molecule has 2 fully saturated rings. The van der Waals surface area contributed by atoms with Crippen LogP contribution in [0.25, 0.3) is 0 Å². The first-order valence-electron chi connectivity index (χ1n) is 9.81. The van der Waals surface area contributed by atoms with E-state index in [1.807, 2.05) is 42.1 Å². The van der Waals surface area contributed by atoms with Gasteiger partial charge in [0, 0.05) is 70.8 Å². The second-order valence-electron chi connectivity index (χ2n) is 7.88. The van der Waals surface area contributed by atoms with Gasteiger partial charge in [-0.3, -0.25) is 19.1 Å². The molecule has 4 rings (SSSR count). The highest BCUT2D eigenvalue weighted by Gasteiger charge is 2.44. The number of aromatic nitrogens is 4. The van der Waals surface area contributed by atoms with Gasteiger partial charge in [-0.15, -0.1) is 0 Å². The van der Waals surface area contributed by atoms with E-state index < -0.39 is 5.54 Å². The van der Waals surface area contributed by atoms with Crippen LogP contribution in [0.4, 0.5) is 5.82 Å². The van der Waals surface area contributed by atoms with Crippen molar-refractivity contribution in [3.63, 3.8) is 0 Å². The summed E-state index contributed by atoms with van der Waals surface area (Å²) in [7, 11) is 3.84. The van der Waals surface area contributed by atoms with Crippen LogP contribution in [-0.4, -0.2) is 67.0 Å². The van der Waals surface area contributed by atoms with Crippen molar-refractivity contribution >= 4 is 11.7 Å². The van der Waals surface area contributed by atoms with E-state index in [4.69, 9.17) is 0 Å². The number of hydrogen-bond donors (Lipinski definition) is 1. The predicted octanol–water partition coefficient (Wildman–Crippen LogP) is 1.22. The molecule has 4 heterocycles. The molecule has 0 radical (unpaired) electrons. The highest BCUT2D eigenvalue weighted by atomic mass is 16.2. The van der Waals surface area contributed by atoms with Gasteiger partial charge >= 0.3 is 0 Å². The number of hydrogen-bond acceptors (Lipinski definition) is 5. The van der Waals surface area contributed by atoms with Crippen LogP contribution in [-0.2, 0) is 25.4 Å². The van der Waals surface area contributed by atoms with Crippen LogP contribution in [0.5, 0.6) is 0 Å². The lowest BCUT2D eigenvalue weighted by atomic mass is 9.85. The van der Waals surface area contributed by atoms with E-state index >= 15 is 0 Å². The molecule has 2 aromatic rings. The summed E-state index contributed by atoms with van der Waals surface area (Å²) in [4.78, 5) is 17.8. The first-order chi connectivity index (χ1) is 13.0. The molecule has 8 heteroatoms. The van der Waals surface area contributed by atoms with E-state index in [9.17, 15) is 4.79 Å². The zero-order chi connectivity index (χ0) is 18.9. The normalized spacial score (nSPS) is 20.1. The Balaban J connectivity index is 1.48. The average Bonchev–Trinajstić information content (AvgIpc) is 3.40. The lowest BCUT2D eigenvalue weighted by Gasteiger charge is -2.43. The molecule has 0 aromatic carbocycles. The molecule has 146 valence electrons. The lowest BCUT2D eigenvalue weighted by Crippen LogP contribution is -2.58. The Morgan fingerprint density at radius 3 is 2.48 bits per heavy atom. The van der Waals surface area contributed by atoms with Gasteiger partial charge in [-0.2, -0.15) is 10.2 Å². The molecular weight excluding hydrogens is 342 g/mol. The van der Waals surface area contributed by atoms with Gasteiger partial charge in [-0.05, 0) is 25.7 Å². The first-order valence-corrected chi connectivity index (χ1v) is 9.81. The number of anilines is 1. The summed E-state index contributed by atoms with van der Waals surface area (Å²) >= 11 is 0. The molecule has 1 amide bonds. The number of nitrogens with zero attached hydrogens (tertiary/aromatic N) is 6. The van der Waals surface area contributed by atoms with Gasteiger partial charge in [0.1, 0.15) is 11.4 Å². The minimum Gasteiger partial charge on any atom is -0.354 e. The van der Waals surface area contributed by atoms with Crippen molar-refractivity contribution in [2.75, 3.05) is 31.5 Å². The van der Waals surface area contributed by atoms with Crippen molar-refractivity contribution in [3.05, 3.63) is 30.2 Å².